The lowest BCUT2D eigenvalue weighted by molar-refractivity contribution is -0.149. The summed E-state index contributed by atoms with van der Waals surface area (Å²) in [6, 6.07) is 6.21. The fourth-order valence-corrected chi connectivity index (χ4v) is 1.99. The number of nitrogens with zero attached hydrogens (tertiary/aromatic N) is 3. The van der Waals surface area contributed by atoms with E-state index >= 15 is 0 Å². The molecule has 8 nitrogen and oxygen atoms in total. The number of rotatable bonds is 4. The molecule has 1 heterocycles. The number of alkyl carbamates (subject to hydrolysis) is 1. The van der Waals surface area contributed by atoms with Crippen molar-refractivity contribution in [3.63, 3.8) is 0 Å². The van der Waals surface area contributed by atoms with E-state index in [-0.39, 0.29) is 5.92 Å². The van der Waals surface area contributed by atoms with Crippen molar-refractivity contribution < 1.29 is 19.2 Å². The van der Waals surface area contributed by atoms with Gasteiger partial charge in [0.25, 0.3) is 0 Å². The maximum Gasteiger partial charge on any atom is 0.408 e. The molecule has 2 aromatic rings. The molecule has 0 saturated heterocycles. The molecule has 0 fully saturated rings. The molecule has 0 saturated carbocycles. The van der Waals surface area contributed by atoms with Gasteiger partial charge in [-0.1, -0.05) is 30.8 Å². The van der Waals surface area contributed by atoms with Gasteiger partial charge in [-0.3, -0.25) is 0 Å². The molecule has 1 N–H and O–H groups in total. The quantitative estimate of drug-likeness (QED) is 0.859. The predicted octanol–water partition coefficient (Wildman–Crippen LogP) is 1.94. The molecule has 1 atom stereocenters. The Kier molecular flexibility index (Phi) is 5.06. The average molecular weight is 334 g/mol. The zero-order valence-corrected chi connectivity index (χ0v) is 14.4. The van der Waals surface area contributed by atoms with E-state index in [1.54, 1.807) is 52.8 Å². The number of benzene rings is 1. The maximum absolute atomic E-state index is 12.4. The normalized spacial score (nSPS) is 12.9. The van der Waals surface area contributed by atoms with E-state index in [1.807, 2.05) is 6.07 Å². The number of hydrogen-bond donors (Lipinski definition) is 1. The SMILES string of the molecule is CC(C)C(NC(=O)OC(C)(C)C)C(=O)On1nnc2ccccc21. The van der Waals surface area contributed by atoms with Crippen molar-refractivity contribution in [2.24, 2.45) is 5.92 Å². The molecule has 0 bridgehead atoms. The number of carbonyl (C=O) groups excluding carboxylic acids is 2. The Hall–Kier alpha value is -2.64. The molecule has 2 rings (SSSR count). The number of fused-ring (bicyclic) bond motifs is 1. The van der Waals surface area contributed by atoms with Crippen molar-refractivity contribution in [3.8, 4) is 0 Å². The van der Waals surface area contributed by atoms with Gasteiger partial charge in [-0.25, -0.2) is 9.59 Å². The van der Waals surface area contributed by atoms with Crippen LogP contribution in [0.3, 0.4) is 0 Å². The van der Waals surface area contributed by atoms with Crippen molar-refractivity contribution in [1.29, 1.82) is 0 Å². The molecule has 24 heavy (non-hydrogen) atoms. The van der Waals surface area contributed by atoms with Gasteiger partial charge in [-0.2, -0.15) is 0 Å². The highest BCUT2D eigenvalue weighted by Crippen LogP contribution is 2.11. The Morgan fingerprint density at radius 3 is 2.50 bits per heavy atom. The van der Waals surface area contributed by atoms with Gasteiger partial charge < -0.3 is 14.9 Å². The number of hydrogen-bond acceptors (Lipinski definition) is 6. The van der Waals surface area contributed by atoms with Crippen LogP contribution in [0, 0.1) is 5.92 Å². The number of ether oxygens (including phenoxy) is 1. The van der Waals surface area contributed by atoms with E-state index in [2.05, 4.69) is 15.6 Å². The van der Waals surface area contributed by atoms with E-state index < -0.39 is 23.7 Å². The van der Waals surface area contributed by atoms with Gasteiger partial charge >= 0.3 is 12.1 Å². The molecule has 1 amide bonds. The molecule has 0 aliphatic heterocycles. The van der Waals surface area contributed by atoms with Crippen LogP contribution < -0.4 is 10.2 Å². The largest absolute Gasteiger partial charge is 0.444 e. The second-order valence-electron chi connectivity index (χ2n) is 6.73. The van der Waals surface area contributed by atoms with Crippen LogP contribution >= 0.6 is 0 Å². The van der Waals surface area contributed by atoms with Crippen molar-refractivity contribution in [2.45, 2.75) is 46.3 Å². The Morgan fingerprint density at radius 2 is 1.88 bits per heavy atom. The zero-order valence-electron chi connectivity index (χ0n) is 14.4. The summed E-state index contributed by atoms with van der Waals surface area (Å²) in [6.07, 6.45) is -0.679. The van der Waals surface area contributed by atoms with Gasteiger partial charge in [0.2, 0.25) is 0 Å². The van der Waals surface area contributed by atoms with Gasteiger partial charge in [-0.05, 0) is 44.0 Å². The van der Waals surface area contributed by atoms with Crippen LogP contribution in [0.5, 0.6) is 0 Å². The number of para-hydroxylation sites is 1. The fourth-order valence-electron chi connectivity index (χ4n) is 1.99. The standard InChI is InChI=1S/C16H22N4O4/c1-10(2)13(17-15(22)23-16(3,4)5)14(21)24-20-12-9-7-6-8-11(12)18-19-20/h6-10,13H,1-5H3,(H,17,22). The summed E-state index contributed by atoms with van der Waals surface area (Å²) in [5.41, 5.74) is 0.509. The van der Waals surface area contributed by atoms with E-state index in [1.165, 1.54) is 0 Å². The molecule has 0 radical (unpaired) electrons. The zero-order chi connectivity index (χ0) is 17.9. The van der Waals surface area contributed by atoms with Gasteiger partial charge in [0.1, 0.15) is 22.7 Å². The van der Waals surface area contributed by atoms with Crippen LogP contribution in [-0.2, 0) is 9.53 Å². The molecule has 1 aromatic heterocycles. The Morgan fingerprint density at radius 1 is 1.21 bits per heavy atom. The molecule has 1 aromatic carbocycles. The molecular formula is C16H22N4O4. The number of amides is 1. The lowest BCUT2D eigenvalue weighted by atomic mass is 10.1. The molecule has 1 unspecified atom stereocenters. The Bertz CT molecular complexity index is 733. The Labute approximate surface area is 140 Å². The minimum atomic E-state index is -0.872. The van der Waals surface area contributed by atoms with Crippen LogP contribution in [0.1, 0.15) is 34.6 Å². The van der Waals surface area contributed by atoms with E-state index in [9.17, 15) is 9.59 Å². The maximum atomic E-state index is 12.4. The summed E-state index contributed by atoms with van der Waals surface area (Å²) in [6.45, 7) is 8.83. The average Bonchev–Trinajstić information content (AvgIpc) is 2.86. The highest BCUT2D eigenvalue weighted by molar-refractivity contribution is 5.82. The van der Waals surface area contributed by atoms with Crippen LogP contribution in [0.25, 0.3) is 11.0 Å². The van der Waals surface area contributed by atoms with E-state index in [0.717, 1.165) is 4.85 Å². The first kappa shape index (κ1) is 17.7. The van der Waals surface area contributed by atoms with Crippen molar-refractivity contribution in [3.05, 3.63) is 24.3 Å². The summed E-state index contributed by atoms with van der Waals surface area (Å²) in [5, 5.41) is 10.2. The molecule has 0 spiro atoms. The number of nitrogens with one attached hydrogen (secondary N) is 1. The van der Waals surface area contributed by atoms with Crippen LogP contribution in [0.4, 0.5) is 4.79 Å². The first-order valence-electron chi connectivity index (χ1n) is 7.69. The third-order valence-electron chi connectivity index (χ3n) is 3.09. The van der Waals surface area contributed by atoms with Gasteiger partial charge in [0.05, 0.1) is 0 Å². The minimum Gasteiger partial charge on any atom is -0.444 e. The van der Waals surface area contributed by atoms with Gasteiger partial charge in [0.15, 0.2) is 0 Å². The minimum absolute atomic E-state index is 0.195. The smallest absolute Gasteiger partial charge is 0.408 e. The van der Waals surface area contributed by atoms with Crippen LogP contribution in [0.2, 0.25) is 0 Å². The highest BCUT2D eigenvalue weighted by Gasteiger charge is 2.29. The van der Waals surface area contributed by atoms with Crippen molar-refractivity contribution in [2.75, 3.05) is 0 Å². The second-order valence-corrected chi connectivity index (χ2v) is 6.73. The van der Waals surface area contributed by atoms with Gasteiger partial charge in [0, 0.05) is 0 Å². The summed E-state index contributed by atoms with van der Waals surface area (Å²) < 4.78 is 5.18. The monoisotopic (exact) mass is 334 g/mol. The van der Waals surface area contributed by atoms with Gasteiger partial charge in [-0.15, -0.1) is 5.10 Å². The predicted molar refractivity (Wildman–Crippen MR) is 87.1 cm³/mol. The highest BCUT2D eigenvalue weighted by atomic mass is 16.7. The van der Waals surface area contributed by atoms with E-state index in [4.69, 9.17) is 9.57 Å². The summed E-state index contributed by atoms with van der Waals surface area (Å²) >= 11 is 0. The lowest BCUT2D eigenvalue weighted by Gasteiger charge is -2.24. The number of carbonyl (C=O) groups is 2. The molecule has 8 heteroatoms. The summed E-state index contributed by atoms with van der Waals surface area (Å²) in [4.78, 5) is 30.6. The van der Waals surface area contributed by atoms with E-state index in [0.29, 0.717) is 11.0 Å². The fraction of sp³-hybridized carbons (Fsp3) is 0.500. The molecular weight excluding hydrogens is 312 g/mol. The molecule has 0 aliphatic rings. The second kappa shape index (κ2) is 6.86. The topological polar surface area (TPSA) is 95.3 Å². The Balaban J connectivity index is 2.10. The molecule has 130 valence electrons. The third kappa shape index (κ3) is 4.43. The lowest BCUT2D eigenvalue weighted by Crippen LogP contribution is -2.49. The number of aromatic nitrogens is 3. The molecule has 0 aliphatic carbocycles. The summed E-state index contributed by atoms with van der Waals surface area (Å²) in [5.74, 6) is -0.841. The van der Waals surface area contributed by atoms with Crippen LogP contribution in [0.15, 0.2) is 24.3 Å². The van der Waals surface area contributed by atoms with Crippen molar-refractivity contribution in [1.82, 2.24) is 20.5 Å². The third-order valence-corrected chi connectivity index (χ3v) is 3.09. The first-order chi connectivity index (χ1) is 11.2. The summed E-state index contributed by atoms with van der Waals surface area (Å²) in [7, 11) is 0. The van der Waals surface area contributed by atoms with Crippen LogP contribution in [-0.4, -0.2) is 38.9 Å². The van der Waals surface area contributed by atoms with Crippen molar-refractivity contribution >= 4 is 23.1 Å². The first-order valence-corrected chi connectivity index (χ1v) is 7.69.